The third kappa shape index (κ3) is 15.6. The number of hydrogen-bond acceptors (Lipinski definition) is 0. The Morgan fingerprint density at radius 3 is 1.10 bits per heavy atom. The van der Waals surface area contributed by atoms with Gasteiger partial charge in [0.25, 0.3) is 0 Å². The molecule has 0 bridgehead atoms. The molecule has 0 amide bonds. The topological polar surface area (TPSA) is 0 Å². The average Bonchev–Trinajstić information content (AvgIpc) is 2.11. The minimum Gasteiger partial charge on any atom is -0.418 e. The van der Waals surface area contributed by atoms with Crippen molar-refractivity contribution in [2.75, 3.05) is 27.2 Å². The van der Waals surface area contributed by atoms with Gasteiger partial charge in [-0.2, -0.15) is 0 Å². The lowest BCUT2D eigenvalue weighted by atomic mass is 10.3. The molecule has 0 saturated carbocycles. The van der Waals surface area contributed by atoms with Gasteiger partial charge in [0.2, 0.25) is 0 Å². The summed E-state index contributed by atoms with van der Waals surface area (Å²) in [6.07, 6.45) is 0. The minimum atomic E-state index is -6.00. The summed E-state index contributed by atoms with van der Waals surface area (Å²) in [5.74, 6) is 0. The van der Waals surface area contributed by atoms with Crippen molar-refractivity contribution in [3.05, 3.63) is 0 Å². The van der Waals surface area contributed by atoms with Crippen molar-refractivity contribution < 1.29 is 21.7 Å². The van der Waals surface area contributed by atoms with Gasteiger partial charge in [-0.25, -0.2) is 0 Å². The number of nitrogens with zero attached hydrogens (tertiary/aromatic N) is 1. The van der Waals surface area contributed by atoms with Crippen LogP contribution in [-0.2, 0) is 0 Å². The Kier molecular flexibility index (Phi) is 2.71. The Morgan fingerprint density at radius 1 is 1.00 bits per heavy atom. The summed E-state index contributed by atoms with van der Waals surface area (Å²) in [6, 6.07) is 0. The number of hydrogen-bond donors (Lipinski definition) is 0. The number of rotatable bonds is 0. The molecule has 1 saturated heterocycles. The van der Waals surface area contributed by atoms with E-state index in [4.69, 9.17) is 0 Å². The standard InChI is InChI=1S/C4H10N.BF4/c1-5(2)3-4-5;2-1(3,4)5/h3-4H2,1-2H3;/q+1;-1. The Labute approximate surface area is 57.3 Å². The summed E-state index contributed by atoms with van der Waals surface area (Å²) >= 11 is 0. The summed E-state index contributed by atoms with van der Waals surface area (Å²) in [6.45, 7) is 2.78. The molecule has 62 valence electrons. The van der Waals surface area contributed by atoms with Crippen LogP contribution in [0.3, 0.4) is 0 Å². The summed E-state index contributed by atoms with van der Waals surface area (Å²) in [5.41, 5.74) is 0. The molecule has 10 heavy (non-hydrogen) atoms. The van der Waals surface area contributed by atoms with Gasteiger partial charge in [-0.15, -0.1) is 0 Å². The second-order valence-corrected chi connectivity index (χ2v) is 2.88. The van der Waals surface area contributed by atoms with Crippen LogP contribution in [0, 0.1) is 0 Å². The van der Waals surface area contributed by atoms with Gasteiger partial charge in [0.1, 0.15) is 13.1 Å². The molecule has 0 spiro atoms. The Balaban J connectivity index is 0.000000162. The third-order valence-electron chi connectivity index (χ3n) is 1.12. The molecule has 0 radical (unpaired) electrons. The molecule has 1 aliphatic rings. The molecule has 0 unspecified atom stereocenters. The van der Waals surface area contributed by atoms with E-state index in [-0.39, 0.29) is 0 Å². The van der Waals surface area contributed by atoms with E-state index in [1.807, 2.05) is 0 Å². The van der Waals surface area contributed by atoms with Gasteiger partial charge < -0.3 is 21.7 Å². The largest absolute Gasteiger partial charge is 0.673 e. The summed E-state index contributed by atoms with van der Waals surface area (Å²) in [7, 11) is -1.53. The van der Waals surface area contributed by atoms with E-state index in [1.54, 1.807) is 0 Å². The molecule has 0 N–H and O–H groups in total. The summed E-state index contributed by atoms with van der Waals surface area (Å²) in [4.78, 5) is 0. The molecular formula is C4H10BF4N. The molecule has 1 heterocycles. The van der Waals surface area contributed by atoms with Crippen LogP contribution in [0.25, 0.3) is 0 Å². The fourth-order valence-electron chi connectivity index (χ4n) is 0.200. The van der Waals surface area contributed by atoms with E-state index in [9.17, 15) is 17.3 Å². The lowest BCUT2D eigenvalue weighted by Crippen LogP contribution is -2.09. The highest BCUT2D eigenvalue weighted by Gasteiger charge is 2.30. The number of quaternary nitrogens is 1. The molecule has 1 fully saturated rings. The Morgan fingerprint density at radius 2 is 1.10 bits per heavy atom. The van der Waals surface area contributed by atoms with Gasteiger partial charge >= 0.3 is 7.25 Å². The molecular weight excluding hydrogens is 149 g/mol. The zero-order valence-corrected chi connectivity index (χ0v) is 5.95. The maximum Gasteiger partial charge on any atom is 0.673 e. The third-order valence-corrected chi connectivity index (χ3v) is 1.12. The van der Waals surface area contributed by atoms with E-state index < -0.39 is 7.25 Å². The number of likely N-dealkylation sites (N-methyl/N-ethyl adjacent to an activating group) is 1. The van der Waals surface area contributed by atoms with E-state index in [1.165, 1.54) is 17.6 Å². The van der Waals surface area contributed by atoms with Gasteiger partial charge in [-0.05, 0) is 0 Å². The normalized spacial score (nSPS) is 21.0. The number of halogens is 4. The minimum absolute atomic E-state index is 1.25. The zero-order chi connectivity index (χ0) is 8.41. The van der Waals surface area contributed by atoms with Crippen LogP contribution in [0.15, 0.2) is 0 Å². The van der Waals surface area contributed by atoms with Crippen LogP contribution in [0.4, 0.5) is 17.3 Å². The lowest BCUT2D eigenvalue weighted by Gasteiger charge is -1.95. The first-order valence-corrected chi connectivity index (χ1v) is 2.90. The summed E-state index contributed by atoms with van der Waals surface area (Å²) in [5, 5.41) is 0. The predicted octanol–water partition coefficient (Wildman–Crippen LogP) is 1.38. The van der Waals surface area contributed by atoms with Crippen molar-refractivity contribution in [3.63, 3.8) is 0 Å². The molecule has 0 atom stereocenters. The van der Waals surface area contributed by atoms with Gasteiger partial charge in [0.05, 0.1) is 14.1 Å². The maximum atomic E-state index is 9.75. The Hall–Kier alpha value is -0.255. The van der Waals surface area contributed by atoms with Crippen LogP contribution in [0.5, 0.6) is 0 Å². The van der Waals surface area contributed by atoms with Crippen LogP contribution < -0.4 is 0 Å². The van der Waals surface area contributed by atoms with Crippen molar-refractivity contribution in [1.82, 2.24) is 0 Å². The zero-order valence-electron chi connectivity index (χ0n) is 5.95. The second kappa shape index (κ2) is 2.78. The first-order chi connectivity index (χ1) is 4.21. The maximum absolute atomic E-state index is 9.75. The highest BCUT2D eigenvalue weighted by atomic mass is 19.5. The van der Waals surface area contributed by atoms with Crippen molar-refractivity contribution in [2.45, 2.75) is 0 Å². The molecule has 0 aromatic carbocycles. The molecule has 1 aliphatic heterocycles. The van der Waals surface area contributed by atoms with E-state index in [2.05, 4.69) is 14.1 Å². The first kappa shape index (κ1) is 9.74. The molecule has 0 aromatic rings. The Bertz CT molecular complexity index is 94.2. The van der Waals surface area contributed by atoms with Gasteiger partial charge in [0.15, 0.2) is 0 Å². The van der Waals surface area contributed by atoms with E-state index in [0.29, 0.717) is 0 Å². The average molecular weight is 159 g/mol. The van der Waals surface area contributed by atoms with Crippen molar-refractivity contribution in [2.24, 2.45) is 0 Å². The van der Waals surface area contributed by atoms with Crippen LogP contribution in [-0.4, -0.2) is 38.9 Å². The molecule has 0 aliphatic carbocycles. The SMILES string of the molecule is C[N+]1(C)CC1.F[B-](F)(F)F. The molecule has 1 nitrogen and oxygen atoms in total. The second-order valence-electron chi connectivity index (χ2n) is 2.88. The molecule has 0 aromatic heterocycles. The van der Waals surface area contributed by atoms with Crippen molar-refractivity contribution in [1.29, 1.82) is 0 Å². The van der Waals surface area contributed by atoms with Gasteiger partial charge in [-0.3, -0.25) is 0 Å². The quantitative estimate of drug-likeness (QED) is 0.217. The molecule has 6 heteroatoms. The van der Waals surface area contributed by atoms with Crippen LogP contribution >= 0.6 is 0 Å². The van der Waals surface area contributed by atoms with Crippen molar-refractivity contribution in [3.8, 4) is 0 Å². The van der Waals surface area contributed by atoms with Crippen LogP contribution in [0.1, 0.15) is 0 Å². The predicted molar refractivity (Wildman–Crippen MR) is 32.0 cm³/mol. The van der Waals surface area contributed by atoms with Crippen molar-refractivity contribution >= 4 is 7.25 Å². The monoisotopic (exact) mass is 159 g/mol. The van der Waals surface area contributed by atoms with E-state index >= 15 is 0 Å². The fraction of sp³-hybridized carbons (Fsp3) is 1.00. The van der Waals surface area contributed by atoms with Gasteiger partial charge in [0, 0.05) is 0 Å². The smallest absolute Gasteiger partial charge is 0.418 e. The first-order valence-electron chi connectivity index (χ1n) is 2.90. The lowest BCUT2D eigenvalue weighted by molar-refractivity contribution is -0.753. The van der Waals surface area contributed by atoms with E-state index in [0.717, 1.165) is 0 Å². The van der Waals surface area contributed by atoms with Crippen LogP contribution in [0.2, 0.25) is 0 Å². The molecule has 1 rings (SSSR count). The van der Waals surface area contributed by atoms with Gasteiger partial charge in [-0.1, -0.05) is 0 Å². The fourth-order valence-corrected chi connectivity index (χ4v) is 0.200. The highest BCUT2D eigenvalue weighted by molar-refractivity contribution is 6.50. The summed E-state index contributed by atoms with van der Waals surface area (Å²) < 4.78 is 40.2. The highest BCUT2D eigenvalue weighted by Crippen LogP contribution is 2.09.